The van der Waals surface area contributed by atoms with Crippen LogP contribution >= 0.6 is 0 Å². The van der Waals surface area contributed by atoms with E-state index in [1.54, 1.807) is 0 Å². The van der Waals surface area contributed by atoms with Crippen molar-refractivity contribution in [3.63, 3.8) is 0 Å². The molecule has 1 atom stereocenters. The van der Waals surface area contributed by atoms with Gasteiger partial charge in [-0.25, -0.2) is 8.42 Å². The third-order valence-electron chi connectivity index (χ3n) is 4.17. The monoisotopic (exact) mass is 260 g/mol. The van der Waals surface area contributed by atoms with Gasteiger partial charge < -0.3 is 10.6 Å². The number of nitrogens with two attached hydrogens (primary N) is 1. The van der Waals surface area contributed by atoms with Gasteiger partial charge in [0.25, 0.3) is 0 Å². The maximum absolute atomic E-state index is 11.4. The lowest BCUT2D eigenvalue weighted by molar-refractivity contribution is 0.113. The lowest BCUT2D eigenvalue weighted by Gasteiger charge is -2.39. The van der Waals surface area contributed by atoms with Crippen LogP contribution in [0.1, 0.15) is 32.1 Å². The molecule has 0 spiro atoms. The van der Waals surface area contributed by atoms with E-state index >= 15 is 0 Å². The normalized spacial score (nSPS) is 31.5. The molecule has 0 aromatic rings. The Morgan fingerprint density at radius 1 is 1.18 bits per heavy atom. The Hall–Kier alpha value is -0.130. The van der Waals surface area contributed by atoms with Crippen molar-refractivity contribution < 1.29 is 8.42 Å². The highest BCUT2D eigenvalue weighted by Crippen LogP contribution is 2.25. The van der Waals surface area contributed by atoms with E-state index in [0.717, 1.165) is 44.8 Å². The minimum atomic E-state index is -2.72. The molecule has 2 aliphatic heterocycles. The summed E-state index contributed by atoms with van der Waals surface area (Å²) in [5.41, 5.74) is 5.62. The van der Waals surface area contributed by atoms with Crippen LogP contribution in [0.3, 0.4) is 0 Å². The summed E-state index contributed by atoms with van der Waals surface area (Å²) in [5.74, 6) is 1.50. The first-order chi connectivity index (χ1) is 8.11. The fourth-order valence-corrected chi connectivity index (χ4v) is 4.61. The molecule has 0 aromatic heterocycles. The Morgan fingerprint density at radius 3 is 2.53 bits per heavy atom. The van der Waals surface area contributed by atoms with Crippen molar-refractivity contribution >= 4 is 9.84 Å². The highest BCUT2D eigenvalue weighted by molar-refractivity contribution is 7.91. The largest absolute Gasteiger partial charge is 0.330 e. The first-order valence-electron chi connectivity index (χ1n) is 6.75. The fraction of sp³-hybridized carbons (Fsp3) is 1.00. The third kappa shape index (κ3) is 3.66. The third-order valence-corrected chi connectivity index (χ3v) is 5.88. The van der Waals surface area contributed by atoms with E-state index in [2.05, 4.69) is 4.90 Å². The zero-order chi connectivity index (χ0) is 12.3. The van der Waals surface area contributed by atoms with Crippen molar-refractivity contribution in [1.82, 2.24) is 4.90 Å². The maximum Gasteiger partial charge on any atom is 0.150 e. The van der Waals surface area contributed by atoms with Crippen molar-refractivity contribution in [3.8, 4) is 0 Å². The fourth-order valence-electron chi connectivity index (χ4n) is 3.14. The zero-order valence-corrected chi connectivity index (χ0v) is 11.3. The molecule has 0 aromatic carbocycles. The summed E-state index contributed by atoms with van der Waals surface area (Å²) >= 11 is 0. The number of rotatable bonds is 3. The van der Waals surface area contributed by atoms with Gasteiger partial charge in [0.15, 0.2) is 0 Å². The SMILES string of the molecule is NCCC1CCCN(C2CCS(=O)(=O)CC2)C1. The number of hydrogen-bond donors (Lipinski definition) is 1. The summed E-state index contributed by atoms with van der Waals surface area (Å²) in [6.45, 7) is 3.05. The Bertz CT molecular complexity index is 326. The number of likely N-dealkylation sites (tertiary alicyclic amines) is 1. The molecule has 2 N–H and O–H groups in total. The molecule has 5 heteroatoms. The highest BCUT2D eigenvalue weighted by Gasteiger charge is 2.30. The second-order valence-corrected chi connectivity index (χ2v) is 7.77. The second kappa shape index (κ2) is 5.67. The minimum Gasteiger partial charge on any atom is -0.330 e. The first-order valence-corrected chi connectivity index (χ1v) is 8.57. The summed E-state index contributed by atoms with van der Waals surface area (Å²) in [7, 11) is -2.72. The van der Waals surface area contributed by atoms with Crippen molar-refractivity contribution in [2.24, 2.45) is 11.7 Å². The number of sulfone groups is 1. The van der Waals surface area contributed by atoms with E-state index in [9.17, 15) is 8.42 Å². The van der Waals surface area contributed by atoms with E-state index in [-0.39, 0.29) is 0 Å². The Labute approximate surface area is 104 Å². The standard InChI is InChI=1S/C12H24N2O2S/c13-6-3-11-2-1-7-14(10-11)12-4-8-17(15,16)9-5-12/h11-12H,1-10,13H2. The van der Waals surface area contributed by atoms with Gasteiger partial charge in [0, 0.05) is 12.6 Å². The molecule has 0 amide bonds. The van der Waals surface area contributed by atoms with E-state index in [1.807, 2.05) is 0 Å². The molecule has 2 heterocycles. The minimum absolute atomic E-state index is 0.385. The molecular weight excluding hydrogens is 236 g/mol. The van der Waals surface area contributed by atoms with Crippen LogP contribution < -0.4 is 5.73 Å². The molecule has 2 rings (SSSR count). The predicted molar refractivity (Wildman–Crippen MR) is 69.6 cm³/mol. The van der Waals surface area contributed by atoms with Crippen LogP contribution in [0, 0.1) is 5.92 Å². The van der Waals surface area contributed by atoms with E-state index < -0.39 is 9.84 Å². The summed E-state index contributed by atoms with van der Waals surface area (Å²) < 4.78 is 22.8. The zero-order valence-electron chi connectivity index (χ0n) is 10.5. The van der Waals surface area contributed by atoms with Gasteiger partial charge in [-0.3, -0.25) is 0 Å². The Balaban J connectivity index is 1.86. The predicted octanol–water partition coefficient (Wildman–Crippen LogP) is 0.624. The van der Waals surface area contributed by atoms with Crippen LogP contribution in [0.25, 0.3) is 0 Å². The van der Waals surface area contributed by atoms with Crippen molar-refractivity contribution in [3.05, 3.63) is 0 Å². The molecule has 0 saturated carbocycles. The van der Waals surface area contributed by atoms with Crippen LogP contribution in [0.5, 0.6) is 0 Å². The smallest absolute Gasteiger partial charge is 0.150 e. The first kappa shape index (κ1) is 13.3. The summed E-state index contributed by atoms with van der Waals surface area (Å²) in [6, 6.07) is 0.499. The lowest BCUT2D eigenvalue weighted by atomic mass is 9.93. The molecular formula is C12H24N2O2S. The van der Waals surface area contributed by atoms with E-state index in [0.29, 0.717) is 17.5 Å². The van der Waals surface area contributed by atoms with Gasteiger partial charge in [-0.05, 0) is 51.1 Å². The summed E-state index contributed by atoms with van der Waals surface area (Å²) in [6.07, 6.45) is 5.31. The van der Waals surface area contributed by atoms with Gasteiger partial charge >= 0.3 is 0 Å². The van der Waals surface area contributed by atoms with Crippen LogP contribution in [-0.4, -0.2) is 50.5 Å². The van der Waals surface area contributed by atoms with Crippen LogP contribution in [-0.2, 0) is 9.84 Å². The van der Waals surface area contributed by atoms with Gasteiger partial charge in [0.05, 0.1) is 11.5 Å². The second-order valence-electron chi connectivity index (χ2n) is 5.46. The molecule has 0 bridgehead atoms. The van der Waals surface area contributed by atoms with Crippen molar-refractivity contribution in [2.45, 2.75) is 38.1 Å². The molecule has 2 fully saturated rings. The maximum atomic E-state index is 11.4. The van der Waals surface area contributed by atoms with Crippen molar-refractivity contribution in [1.29, 1.82) is 0 Å². The number of nitrogens with zero attached hydrogens (tertiary/aromatic N) is 1. The van der Waals surface area contributed by atoms with E-state index in [4.69, 9.17) is 5.73 Å². The quantitative estimate of drug-likeness (QED) is 0.808. The van der Waals surface area contributed by atoms with Crippen LogP contribution in [0.15, 0.2) is 0 Å². The molecule has 2 saturated heterocycles. The average molecular weight is 260 g/mol. The Morgan fingerprint density at radius 2 is 1.88 bits per heavy atom. The lowest BCUT2D eigenvalue weighted by Crippen LogP contribution is -2.46. The molecule has 0 aliphatic carbocycles. The molecule has 17 heavy (non-hydrogen) atoms. The topological polar surface area (TPSA) is 63.4 Å². The van der Waals surface area contributed by atoms with Gasteiger partial charge in [0.1, 0.15) is 9.84 Å². The molecule has 0 radical (unpaired) electrons. The summed E-state index contributed by atoms with van der Waals surface area (Å²) in [5, 5.41) is 0. The van der Waals surface area contributed by atoms with Crippen LogP contribution in [0.4, 0.5) is 0 Å². The molecule has 1 unspecified atom stereocenters. The van der Waals surface area contributed by atoms with Crippen molar-refractivity contribution in [2.75, 3.05) is 31.1 Å². The Kier molecular flexibility index (Phi) is 4.44. The van der Waals surface area contributed by atoms with Crippen LogP contribution in [0.2, 0.25) is 0 Å². The van der Waals surface area contributed by atoms with Gasteiger partial charge in [-0.2, -0.15) is 0 Å². The molecule has 2 aliphatic rings. The van der Waals surface area contributed by atoms with Gasteiger partial charge in [0.2, 0.25) is 0 Å². The molecule has 100 valence electrons. The van der Waals surface area contributed by atoms with Gasteiger partial charge in [-0.1, -0.05) is 0 Å². The number of piperidine rings is 1. The van der Waals surface area contributed by atoms with Gasteiger partial charge in [-0.15, -0.1) is 0 Å². The molecule has 4 nitrogen and oxygen atoms in total. The average Bonchev–Trinajstić information content (AvgIpc) is 2.30. The summed E-state index contributed by atoms with van der Waals surface area (Å²) in [4.78, 5) is 2.51. The van der Waals surface area contributed by atoms with E-state index in [1.165, 1.54) is 12.8 Å². The number of hydrogen-bond acceptors (Lipinski definition) is 4. The highest BCUT2D eigenvalue weighted by atomic mass is 32.2.